The Morgan fingerprint density at radius 3 is 2.71 bits per heavy atom. The quantitative estimate of drug-likeness (QED) is 0.694. The second-order valence-electron chi connectivity index (χ2n) is 5.06. The van der Waals surface area contributed by atoms with Gasteiger partial charge < -0.3 is 9.88 Å². The molecule has 0 atom stereocenters. The number of fused-ring (bicyclic) bond motifs is 1. The lowest BCUT2D eigenvalue weighted by Crippen LogP contribution is -2.42. The molecule has 0 saturated carbocycles. The second-order valence-corrected chi connectivity index (χ2v) is 5.83. The van der Waals surface area contributed by atoms with Crippen LogP contribution < -0.4 is 15.2 Å². The molecule has 1 saturated heterocycles. The zero-order valence-electron chi connectivity index (χ0n) is 11.3. The van der Waals surface area contributed by atoms with Gasteiger partial charge in [0.05, 0.1) is 0 Å². The summed E-state index contributed by atoms with van der Waals surface area (Å²) in [5.74, 6) is 0. The average molecular weight is 308 g/mol. The Morgan fingerprint density at radius 1 is 1.24 bits per heavy atom. The number of hydrogen-bond donors (Lipinski definition) is 3. The lowest BCUT2D eigenvalue weighted by Gasteiger charge is -2.33. The molecule has 1 fully saturated rings. The van der Waals surface area contributed by atoms with E-state index in [1.165, 1.54) is 6.07 Å². The highest BCUT2D eigenvalue weighted by atomic mass is 32.2. The van der Waals surface area contributed by atoms with Crippen molar-refractivity contribution in [2.24, 2.45) is 0 Å². The van der Waals surface area contributed by atoms with Crippen molar-refractivity contribution in [1.82, 2.24) is 14.7 Å². The first kappa shape index (κ1) is 14.0. The molecule has 2 aromatic heterocycles. The highest BCUT2D eigenvalue weighted by Crippen LogP contribution is 2.26. The number of nitrogens with zero attached hydrogens (tertiary/aromatic N) is 2. The van der Waals surface area contributed by atoms with Crippen LogP contribution >= 0.6 is 0 Å². The van der Waals surface area contributed by atoms with Crippen molar-refractivity contribution in [2.75, 3.05) is 18.0 Å². The summed E-state index contributed by atoms with van der Waals surface area (Å²) in [6, 6.07) is 5.19. The van der Waals surface area contributed by atoms with Crippen LogP contribution in [0.3, 0.4) is 0 Å². The maximum Gasteiger partial charge on any atom is 0.249 e. The van der Waals surface area contributed by atoms with Gasteiger partial charge in [0.1, 0.15) is 5.65 Å². The van der Waals surface area contributed by atoms with Crippen LogP contribution in [-0.4, -0.2) is 37.5 Å². The van der Waals surface area contributed by atoms with E-state index in [-0.39, 0.29) is 11.6 Å². The summed E-state index contributed by atoms with van der Waals surface area (Å²) < 4.78 is 24.0. The normalized spacial score (nSPS) is 16.7. The fraction of sp³-hybridized carbons (Fsp3) is 0.385. The molecule has 7 nitrogen and oxygen atoms in total. The molecule has 0 aliphatic carbocycles. The number of rotatable bonds is 3. The number of pyridine rings is 2. The van der Waals surface area contributed by atoms with Crippen LogP contribution in [0.5, 0.6) is 0 Å². The van der Waals surface area contributed by atoms with E-state index in [0.29, 0.717) is 5.65 Å². The van der Waals surface area contributed by atoms with E-state index < -0.39 is 10.9 Å². The van der Waals surface area contributed by atoms with Crippen molar-refractivity contribution in [3.05, 3.63) is 34.7 Å². The first-order valence-electron chi connectivity index (χ1n) is 6.77. The van der Waals surface area contributed by atoms with Crippen molar-refractivity contribution in [2.45, 2.75) is 18.9 Å². The minimum Gasteiger partial charge on any atom is -0.371 e. The Kier molecular flexibility index (Phi) is 3.89. The second kappa shape index (κ2) is 5.82. The molecule has 2 aromatic rings. The van der Waals surface area contributed by atoms with Crippen LogP contribution in [0.25, 0.3) is 11.0 Å². The number of aromatic amines is 1. The first-order chi connectivity index (χ1) is 10.1. The van der Waals surface area contributed by atoms with E-state index in [2.05, 4.69) is 19.6 Å². The molecular formula is C13H16N4O3S. The van der Waals surface area contributed by atoms with Crippen molar-refractivity contribution in [3.8, 4) is 0 Å². The summed E-state index contributed by atoms with van der Waals surface area (Å²) in [6.45, 7) is 1.53. The predicted molar refractivity (Wildman–Crippen MR) is 81.0 cm³/mol. The number of aromatic nitrogens is 2. The molecule has 0 radical (unpaired) electrons. The molecule has 0 spiro atoms. The molecule has 1 aliphatic heterocycles. The molecule has 0 unspecified atom stereocenters. The fourth-order valence-corrected chi connectivity index (χ4v) is 3.28. The van der Waals surface area contributed by atoms with Gasteiger partial charge in [-0.15, -0.1) is 0 Å². The first-order valence-corrected chi connectivity index (χ1v) is 7.95. The number of anilines is 1. The monoisotopic (exact) mass is 308 g/mol. The minimum atomic E-state index is -2.54. The number of thiol groups is 1. The molecule has 21 heavy (non-hydrogen) atoms. The summed E-state index contributed by atoms with van der Waals surface area (Å²) in [4.78, 5) is 20.4. The summed E-state index contributed by atoms with van der Waals surface area (Å²) >= 11 is 0. The van der Waals surface area contributed by atoms with Gasteiger partial charge in [-0.3, -0.25) is 4.79 Å². The third kappa shape index (κ3) is 3.06. The molecular weight excluding hydrogens is 292 g/mol. The summed E-state index contributed by atoms with van der Waals surface area (Å²) in [5.41, 5.74) is 1.42. The molecule has 3 rings (SSSR count). The molecule has 112 valence electrons. The van der Waals surface area contributed by atoms with Gasteiger partial charge in [0.15, 0.2) is 0 Å². The Morgan fingerprint density at radius 2 is 2.00 bits per heavy atom. The number of hydrogen-bond acceptors (Lipinski definition) is 5. The maximum atomic E-state index is 11.3. The van der Waals surface area contributed by atoms with Gasteiger partial charge in [-0.1, -0.05) is 0 Å². The van der Waals surface area contributed by atoms with E-state index in [1.807, 2.05) is 6.07 Å². The van der Waals surface area contributed by atoms with Crippen molar-refractivity contribution < 1.29 is 8.42 Å². The van der Waals surface area contributed by atoms with Crippen molar-refractivity contribution >= 4 is 27.6 Å². The van der Waals surface area contributed by atoms with Gasteiger partial charge in [-0.2, -0.15) is 0 Å². The van der Waals surface area contributed by atoms with Gasteiger partial charge in [0.2, 0.25) is 16.4 Å². The van der Waals surface area contributed by atoms with Crippen LogP contribution in [0.15, 0.2) is 29.2 Å². The number of H-pyrrole nitrogens is 1. The largest absolute Gasteiger partial charge is 0.371 e. The maximum absolute atomic E-state index is 11.3. The third-order valence-electron chi connectivity index (χ3n) is 3.73. The average Bonchev–Trinajstić information content (AvgIpc) is 2.46. The van der Waals surface area contributed by atoms with Crippen LogP contribution in [0.2, 0.25) is 0 Å². The van der Waals surface area contributed by atoms with Gasteiger partial charge >= 0.3 is 0 Å². The Bertz CT molecular complexity index is 770. The summed E-state index contributed by atoms with van der Waals surface area (Å²) in [5, 5.41) is 0.901. The Balaban J connectivity index is 1.84. The number of piperidine rings is 1. The van der Waals surface area contributed by atoms with Gasteiger partial charge in [0, 0.05) is 42.5 Å². The molecule has 2 N–H and O–H groups in total. The topological polar surface area (TPSA) is 95.2 Å². The van der Waals surface area contributed by atoms with Crippen LogP contribution in [0, 0.1) is 0 Å². The lowest BCUT2D eigenvalue weighted by molar-refractivity contribution is 0.466. The SMILES string of the molecule is O=c1ccc2c(N3CCC(N[SH](=O)=O)CC3)ccnc2[nH]1. The van der Waals surface area contributed by atoms with Crippen LogP contribution in [0.4, 0.5) is 5.69 Å². The highest BCUT2D eigenvalue weighted by Gasteiger charge is 2.21. The van der Waals surface area contributed by atoms with Crippen LogP contribution in [0.1, 0.15) is 12.8 Å². The summed E-state index contributed by atoms with van der Waals surface area (Å²) in [7, 11) is -2.54. The van der Waals surface area contributed by atoms with Gasteiger partial charge in [-0.05, 0) is 25.0 Å². The molecule has 0 aromatic carbocycles. The fourth-order valence-electron chi connectivity index (χ4n) is 2.72. The lowest BCUT2D eigenvalue weighted by atomic mass is 10.0. The van der Waals surface area contributed by atoms with Crippen LogP contribution in [-0.2, 0) is 10.9 Å². The predicted octanol–water partition coefficient (Wildman–Crippen LogP) is 0.00790. The van der Waals surface area contributed by atoms with Crippen molar-refractivity contribution in [1.29, 1.82) is 0 Å². The molecule has 1 aliphatic rings. The zero-order chi connectivity index (χ0) is 14.8. The molecule has 0 bridgehead atoms. The Hall–Kier alpha value is -1.93. The summed E-state index contributed by atoms with van der Waals surface area (Å²) in [6.07, 6.45) is 3.19. The zero-order valence-corrected chi connectivity index (χ0v) is 12.2. The standard InChI is InChI=1S/C13H16N4O3S/c18-12-2-1-10-11(3-6-14-13(10)15-12)17-7-4-9(5-8-17)16-21(19)20/h1-3,6,9,21H,4-5,7-8H2,(H,14,15,18)(H,16,19,20). The van der Waals surface area contributed by atoms with E-state index in [9.17, 15) is 13.2 Å². The smallest absolute Gasteiger partial charge is 0.249 e. The van der Waals surface area contributed by atoms with E-state index in [0.717, 1.165) is 37.0 Å². The molecule has 0 amide bonds. The van der Waals surface area contributed by atoms with E-state index in [4.69, 9.17) is 0 Å². The van der Waals surface area contributed by atoms with E-state index >= 15 is 0 Å². The molecule has 3 heterocycles. The van der Waals surface area contributed by atoms with Gasteiger partial charge in [0.25, 0.3) is 0 Å². The van der Waals surface area contributed by atoms with Gasteiger partial charge in [-0.25, -0.2) is 18.1 Å². The van der Waals surface area contributed by atoms with Crippen molar-refractivity contribution in [3.63, 3.8) is 0 Å². The number of nitrogens with one attached hydrogen (secondary N) is 2. The molecule has 8 heteroatoms. The van der Waals surface area contributed by atoms with E-state index in [1.54, 1.807) is 12.3 Å². The highest BCUT2D eigenvalue weighted by molar-refractivity contribution is 7.70. The third-order valence-corrected chi connectivity index (χ3v) is 4.31. The Labute approximate surface area is 123 Å². The minimum absolute atomic E-state index is 0.00951.